The van der Waals surface area contributed by atoms with E-state index in [9.17, 15) is 0 Å². The predicted molar refractivity (Wildman–Crippen MR) is 60.3 cm³/mol. The Hall–Kier alpha value is 0.217. The fourth-order valence-corrected chi connectivity index (χ4v) is 4.50. The highest BCUT2D eigenvalue weighted by molar-refractivity contribution is 6.59. The molecular weight excluding hydrogens is 160 g/mol. The van der Waals surface area contributed by atoms with E-state index >= 15 is 0 Å². The fourth-order valence-electron chi connectivity index (χ4n) is 2.29. The maximum absolute atomic E-state index is 2.49. The average molecular weight is 185 g/mol. The Morgan fingerprint density at radius 1 is 0.917 bits per heavy atom. The van der Waals surface area contributed by atoms with Gasteiger partial charge >= 0.3 is 0 Å². The van der Waals surface area contributed by atoms with Gasteiger partial charge in [-0.15, -0.1) is 0 Å². The van der Waals surface area contributed by atoms with Gasteiger partial charge in [0, 0.05) is 8.80 Å². The molecule has 0 aromatic heterocycles. The summed E-state index contributed by atoms with van der Waals surface area (Å²) in [5, 5.41) is 0.744. The van der Waals surface area contributed by atoms with Gasteiger partial charge in [-0.2, -0.15) is 0 Å². The number of hydrogen-bond acceptors (Lipinski definition) is 0. The van der Waals surface area contributed by atoms with Gasteiger partial charge in [-0.3, -0.25) is 0 Å². The van der Waals surface area contributed by atoms with E-state index in [-0.39, 0.29) is 8.80 Å². The van der Waals surface area contributed by atoms with Gasteiger partial charge in [0.25, 0.3) is 0 Å². The van der Waals surface area contributed by atoms with E-state index in [0.717, 1.165) is 5.04 Å². The Kier molecular flexibility index (Phi) is 5.90. The van der Waals surface area contributed by atoms with Crippen LogP contribution in [0.15, 0.2) is 0 Å². The Morgan fingerprint density at radius 3 is 1.50 bits per heavy atom. The van der Waals surface area contributed by atoms with Gasteiger partial charge in [0.15, 0.2) is 0 Å². The van der Waals surface area contributed by atoms with Gasteiger partial charge in [0.05, 0.1) is 0 Å². The van der Waals surface area contributed by atoms with Gasteiger partial charge in [-0.05, 0) is 5.04 Å². The van der Waals surface area contributed by atoms with Gasteiger partial charge in [0.1, 0.15) is 0 Å². The van der Waals surface area contributed by atoms with Crippen LogP contribution >= 0.6 is 0 Å². The predicted octanol–water partition coefficient (Wildman–Crippen LogP) is 4.49. The minimum absolute atomic E-state index is 0.108. The van der Waals surface area contributed by atoms with E-state index in [1.807, 2.05) is 0 Å². The SMILES string of the molecule is CCCC(CC)(CCC)[Si](C)C. The third-order valence-electron chi connectivity index (χ3n) is 3.19. The van der Waals surface area contributed by atoms with Crippen molar-refractivity contribution in [3.05, 3.63) is 0 Å². The van der Waals surface area contributed by atoms with E-state index < -0.39 is 0 Å². The molecule has 0 unspecified atom stereocenters. The second kappa shape index (κ2) is 5.79. The van der Waals surface area contributed by atoms with Crippen LogP contribution in [0.4, 0.5) is 0 Å². The molecular formula is C11H25Si. The molecule has 0 spiro atoms. The fraction of sp³-hybridized carbons (Fsp3) is 1.00. The molecule has 0 bridgehead atoms. The summed E-state index contributed by atoms with van der Waals surface area (Å²) in [5.74, 6) is 0. The topological polar surface area (TPSA) is 0 Å². The molecule has 0 amide bonds. The highest BCUT2D eigenvalue weighted by atomic mass is 28.3. The first-order chi connectivity index (χ1) is 5.63. The van der Waals surface area contributed by atoms with Crippen molar-refractivity contribution in [2.75, 3.05) is 0 Å². The first kappa shape index (κ1) is 12.2. The number of hydrogen-bond donors (Lipinski definition) is 0. The van der Waals surface area contributed by atoms with Crippen LogP contribution in [-0.4, -0.2) is 8.80 Å². The van der Waals surface area contributed by atoms with Crippen LogP contribution in [0.3, 0.4) is 0 Å². The highest BCUT2D eigenvalue weighted by Gasteiger charge is 2.30. The molecule has 0 nitrogen and oxygen atoms in total. The maximum atomic E-state index is 2.49. The molecule has 0 N–H and O–H groups in total. The second-order valence-corrected chi connectivity index (χ2v) is 7.19. The summed E-state index contributed by atoms with van der Waals surface area (Å²) < 4.78 is 0. The zero-order valence-corrected chi connectivity index (χ0v) is 10.5. The van der Waals surface area contributed by atoms with Gasteiger partial charge in [-0.1, -0.05) is 66.0 Å². The van der Waals surface area contributed by atoms with Crippen molar-refractivity contribution in [1.29, 1.82) is 0 Å². The normalized spacial score (nSPS) is 12.5. The minimum Gasteiger partial charge on any atom is -0.0709 e. The Bertz CT molecular complexity index is 102. The van der Waals surface area contributed by atoms with Crippen LogP contribution in [0.2, 0.25) is 18.1 Å². The van der Waals surface area contributed by atoms with Crippen LogP contribution in [0.5, 0.6) is 0 Å². The van der Waals surface area contributed by atoms with Crippen molar-refractivity contribution < 1.29 is 0 Å². The summed E-state index contributed by atoms with van der Waals surface area (Å²) in [6, 6.07) is 0. The third kappa shape index (κ3) is 2.93. The lowest BCUT2D eigenvalue weighted by Crippen LogP contribution is -2.26. The molecule has 0 atom stereocenters. The van der Waals surface area contributed by atoms with Crippen molar-refractivity contribution in [3.8, 4) is 0 Å². The van der Waals surface area contributed by atoms with Crippen LogP contribution < -0.4 is 0 Å². The molecule has 0 aliphatic carbocycles. The first-order valence-corrected chi connectivity index (χ1v) is 7.93. The largest absolute Gasteiger partial charge is 0.0709 e. The minimum atomic E-state index is -0.108. The molecule has 0 rings (SSSR count). The molecule has 1 heteroatoms. The molecule has 0 fully saturated rings. The van der Waals surface area contributed by atoms with Crippen LogP contribution in [0.25, 0.3) is 0 Å². The average Bonchev–Trinajstić information content (AvgIpc) is 2.03. The summed E-state index contributed by atoms with van der Waals surface area (Å²) >= 11 is 0. The van der Waals surface area contributed by atoms with Crippen LogP contribution in [-0.2, 0) is 0 Å². The lowest BCUT2D eigenvalue weighted by Gasteiger charge is -2.35. The Morgan fingerprint density at radius 2 is 1.33 bits per heavy atom. The molecule has 0 aromatic carbocycles. The van der Waals surface area contributed by atoms with Gasteiger partial charge in [0.2, 0.25) is 0 Å². The van der Waals surface area contributed by atoms with Crippen molar-refractivity contribution in [1.82, 2.24) is 0 Å². The summed E-state index contributed by atoms with van der Waals surface area (Å²) in [6.45, 7) is 12.0. The number of rotatable bonds is 6. The summed E-state index contributed by atoms with van der Waals surface area (Å²) in [6.07, 6.45) is 7.04. The lowest BCUT2D eigenvalue weighted by atomic mass is 9.94. The standard InChI is InChI=1S/C11H25Si/c1-6-9-11(8-3,10-7-2)12(4)5/h6-10H2,1-5H3. The molecule has 0 aliphatic rings. The lowest BCUT2D eigenvalue weighted by molar-refractivity contribution is 0.439. The molecule has 0 saturated carbocycles. The van der Waals surface area contributed by atoms with Crippen LogP contribution in [0, 0.1) is 0 Å². The Labute approximate surface area is 80.4 Å². The second-order valence-electron chi connectivity index (χ2n) is 4.13. The zero-order valence-electron chi connectivity index (χ0n) is 9.54. The first-order valence-electron chi connectivity index (χ1n) is 5.43. The van der Waals surface area contributed by atoms with E-state index in [0.29, 0.717) is 0 Å². The maximum Gasteiger partial charge on any atom is 0.0480 e. The monoisotopic (exact) mass is 185 g/mol. The summed E-state index contributed by atoms with van der Waals surface area (Å²) in [5.41, 5.74) is 0. The van der Waals surface area contributed by atoms with E-state index in [1.54, 1.807) is 0 Å². The molecule has 0 aromatic rings. The van der Waals surface area contributed by atoms with Crippen LogP contribution in [0.1, 0.15) is 52.9 Å². The van der Waals surface area contributed by atoms with E-state index in [1.165, 1.54) is 32.1 Å². The van der Waals surface area contributed by atoms with Crippen molar-refractivity contribution in [2.45, 2.75) is 71.0 Å². The van der Waals surface area contributed by atoms with Crippen molar-refractivity contribution >= 4 is 8.80 Å². The van der Waals surface area contributed by atoms with Crippen molar-refractivity contribution in [3.63, 3.8) is 0 Å². The zero-order chi connectivity index (χ0) is 9.61. The molecule has 0 heterocycles. The van der Waals surface area contributed by atoms with E-state index in [2.05, 4.69) is 33.9 Å². The van der Waals surface area contributed by atoms with Gasteiger partial charge < -0.3 is 0 Å². The highest BCUT2D eigenvalue weighted by Crippen LogP contribution is 2.43. The van der Waals surface area contributed by atoms with Crippen molar-refractivity contribution in [2.24, 2.45) is 0 Å². The van der Waals surface area contributed by atoms with Gasteiger partial charge in [-0.25, -0.2) is 0 Å². The molecule has 0 aliphatic heterocycles. The quantitative estimate of drug-likeness (QED) is 0.535. The van der Waals surface area contributed by atoms with E-state index in [4.69, 9.17) is 0 Å². The molecule has 12 heavy (non-hydrogen) atoms. The summed E-state index contributed by atoms with van der Waals surface area (Å²) in [7, 11) is -0.108. The molecule has 0 saturated heterocycles. The molecule has 1 radical (unpaired) electrons. The smallest absolute Gasteiger partial charge is 0.0480 e. The molecule has 73 valence electrons. The Balaban J connectivity index is 4.28. The summed E-state index contributed by atoms with van der Waals surface area (Å²) in [4.78, 5) is 0. The third-order valence-corrected chi connectivity index (χ3v) is 6.17.